The second-order valence-electron chi connectivity index (χ2n) is 5.54. The predicted molar refractivity (Wildman–Crippen MR) is 86.0 cm³/mol. The Hall–Kier alpha value is -1.16. The van der Waals surface area contributed by atoms with Crippen LogP contribution in [-0.2, 0) is 6.54 Å². The van der Waals surface area contributed by atoms with Crippen LogP contribution >= 0.6 is 0 Å². The Morgan fingerprint density at radius 1 is 1.10 bits per heavy atom. The fraction of sp³-hybridized carbons (Fsp3) is 0.750. The summed E-state index contributed by atoms with van der Waals surface area (Å²) in [6.07, 6.45) is 8.69. The number of aromatic nitrogens is 2. The molecule has 20 heavy (non-hydrogen) atoms. The van der Waals surface area contributed by atoms with Gasteiger partial charge in [0.1, 0.15) is 5.82 Å². The van der Waals surface area contributed by atoms with Gasteiger partial charge in [-0.15, -0.1) is 0 Å². The molecule has 0 fully saturated rings. The lowest BCUT2D eigenvalue weighted by atomic mass is 10.2. The van der Waals surface area contributed by atoms with Crippen LogP contribution in [0.25, 0.3) is 0 Å². The first kappa shape index (κ1) is 16.9. The highest BCUT2D eigenvalue weighted by Gasteiger charge is 2.11. The molecule has 0 saturated carbocycles. The molecule has 0 aliphatic rings. The van der Waals surface area contributed by atoms with E-state index in [1.54, 1.807) is 0 Å². The van der Waals surface area contributed by atoms with Crippen LogP contribution in [0, 0.1) is 0 Å². The van der Waals surface area contributed by atoms with Crippen molar-refractivity contribution in [2.24, 2.45) is 0 Å². The Bertz CT molecular complexity index is 348. The minimum Gasteiger partial charge on any atom is -0.353 e. The van der Waals surface area contributed by atoms with Crippen molar-refractivity contribution >= 4 is 5.82 Å². The third kappa shape index (κ3) is 5.87. The maximum absolute atomic E-state index is 4.58. The van der Waals surface area contributed by atoms with E-state index in [0.29, 0.717) is 6.04 Å². The van der Waals surface area contributed by atoms with Gasteiger partial charge in [0.25, 0.3) is 0 Å². The van der Waals surface area contributed by atoms with E-state index >= 15 is 0 Å². The van der Waals surface area contributed by atoms with Crippen LogP contribution in [-0.4, -0.2) is 29.1 Å². The third-order valence-electron chi connectivity index (χ3n) is 3.34. The molecule has 0 aromatic carbocycles. The number of hydrogen-bond donors (Lipinski definition) is 1. The first-order valence-corrected chi connectivity index (χ1v) is 7.97. The predicted octanol–water partition coefficient (Wildman–Crippen LogP) is 3.38. The van der Waals surface area contributed by atoms with Crippen molar-refractivity contribution in [2.75, 3.05) is 18.0 Å². The second-order valence-corrected chi connectivity index (χ2v) is 5.54. The number of rotatable bonds is 10. The number of nitrogens with zero attached hydrogens (tertiary/aromatic N) is 3. The maximum Gasteiger partial charge on any atom is 0.147 e. The van der Waals surface area contributed by atoms with Gasteiger partial charge in [-0.1, -0.05) is 26.7 Å². The highest BCUT2D eigenvalue weighted by molar-refractivity contribution is 5.36. The summed E-state index contributed by atoms with van der Waals surface area (Å²) in [5.74, 6) is 0.996. The van der Waals surface area contributed by atoms with Crippen molar-refractivity contribution in [2.45, 2.75) is 66.0 Å². The van der Waals surface area contributed by atoms with Gasteiger partial charge in [-0.25, -0.2) is 4.98 Å². The molecule has 1 aromatic rings. The van der Waals surface area contributed by atoms with Crippen LogP contribution in [0.5, 0.6) is 0 Å². The SMILES string of the molecule is CCCCCN(c1cnc(CNCCC)cn1)C(C)C. The number of anilines is 1. The summed E-state index contributed by atoms with van der Waals surface area (Å²) < 4.78 is 0. The van der Waals surface area contributed by atoms with Crippen molar-refractivity contribution in [3.63, 3.8) is 0 Å². The van der Waals surface area contributed by atoms with Gasteiger partial charge in [0.05, 0.1) is 18.1 Å². The molecule has 4 heteroatoms. The van der Waals surface area contributed by atoms with Crippen LogP contribution in [0.4, 0.5) is 5.82 Å². The molecule has 0 spiro atoms. The van der Waals surface area contributed by atoms with E-state index in [1.807, 2.05) is 12.4 Å². The largest absolute Gasteiger partial charge is 0.353 e. The van der Waals surface area contributed by atoms with Gasteiger partial charge in [-0.2, -0.15) is 0 Å². The zero-order valence-corrected chi connectivity index (χ0v) is 13.5. The average Bonchev–Trinajstić information content (AvgIpc) is 2.45. The van der Waals surface area contributed by atoms with Gasteiger partial charge in [-0.05, 0) is 33.2 Å². The van der Waals surface area contributed by atoms with Gasteiger partial charge in [0, 0.05) is 19.1 Å². The van der Waals surface area contributed by atoms with E-state index in [2.05, 4.69) is 47.9 Å². The van der Waals surface area contributed by atoms with Crippen LogP contribution in [0.1, 0.15) is 59.1 Å². The molecule has 0 saturated heterocycles. The van der Waals surface area contributed by atoms with E-state index < -0.39 is 0 Å². The molecule has 1 N–H and O–H groups in total. The molecule has 0 atom stereocenters. The molecule has 1 heterocycles. The Labute approximate surface area is 124 Å². The first-order chi connectivity index (χ1) is 9.69. The fourth-order valence-electron chi connectivity index (χ4n) is 2.15. The molecule has 1 rings (SSSR count). The number of unbranched alkanes of at least 4 members (excludes halogenated alkanes) is 2. The zero-order chi connectivity index (χ0) is 14.8. The fourth-order valence-corrected chi connectivity index (χ4v) is 2.15. The van der Waals surface area contributed by atoms with Gasteiger partial charge < -0.3 is 10.2 Å². The maximum atomic E-state index is 4.58. The summed E-state index contributed by atoms with van der Waals surface area (Å²) >= 11 is 0. The Kier molecular flexibility index (Phi) is 8.19. The van der Waals surface area contributed by atoms with Crippen molar-refractivity contribution in [1.29, 1.82) is 0 Å². The molecule has 4 nitrogen and oxygen atoms in total. The third-order valence-corrected chi connectivity index (χ3v) is 3.34. The lowest BCUT2D eigenvalue weighted by molar-refractivity contribution is 0.616. The van der Waals surface area contributed by atoms with Crippen molar-refractivity contribution in [3.05, 3.63) is 18.1 Å². The number of nitrogens with one attached hydrogen (secondary N) is 1. The van der Waals surface area contributed by atoms with E-state index in [1.165, 1.54) is 19.3 Å². The summed E-state index contributed by atoms with van der Waals surface area (Å²) in [7, 11) is 0. The van der Waals surface area contributed by atoms with E-state index in [9.17, 15) is 0 Å². The lowest BCUT2D eigenvalue weighted by Gasteiger charge is -2.27. The average molecular weight is 278 g/mol. The molecule has 0 aliphatic carbocycles. The molecule has 0 unspecified atom stereocenters. The molecular formula is C16H30N4. The molecule has 0 radical (unpaired) electrons. The smallest absolute Gasteiger partial charge is 0.147 e. The van der Waals surface area contributed by atoms with Crippen LogP contribution in [0.2, 0.25) is 0 Å². The minimum absolute atomic E-state index is 0.463. The van der Waals surface area contributed by atoms with Crippen molar-refractivity contribution in [3.8, 4) is 0 Å². The summed E-state index contributed by atoms with van der Waals surface area (Å²) in [5, 5.41) is 3.35. The second kappa shape index (κ2) is 9.70. The monoisotopic (exact) mass is 278 g/mol. The molecular weight excluding hydrogens is 248 g/mol. The standard InChI is InChI=1S/C16H30N4/c1-5-7-8-10-20(14(3)4)16-13-18-15(12-19-16)11-17-9-6-2/h12-14,17H,5-11H2,1-4H3. The summed E-state index contributed by atoms with van der Waals surface area (Å²) in [5.41, 5.74) is 1.01. The van der Waals surface area contributed by atoms with Crippen LogP contribution < -0.4 is 10.2 Å². The van der Waals surface area contributed by atoms with Crippen LogP contribution in [0.15, 0.2) is 12.4 Å². The summed E-state index contributed by atoms with van der Waals surface area (Å²) in [6, 6.07) is 0.463. The molecule has 0 amide bonds. The number of hydrogen-bond acceptors (Lipinski definition) is 4. The Morgan fingerprint density at radius 2 is 1.90 bits per heavy atom. The summed E-state index contributed by atoms with van der Waals surface area (Å²) in [4.78, 5) is 11.4. The Balaban J connectivity index is 2.58. The van der Waals surface area contributed by atoms with Gasteiger partial charge in [-0.3, -0.25) is 4.98 Å². The highest BCUT2D eigenvalue weighted by Crippen LogP contribution is 2.14. The first-order valence-electron chi connectivity index (χ1n) is 7.97. The molecule has 0 aliphatic heterocycles. The summed E-state index contributed by atoms with van der Waals surface area (Å²) in [6.45, 7) is 11.7. The normalized spacial score (nSPS) is 11.1. The van der Waals surface area contributed by atoms with E-state index in [4.69, 9.17) is 0 Å². The van der Waals surface area contributed by atoms with Crippen LogP contribution in [0.3, 0.4) is 0 Å². The zero-order valence-electron chi connectivity index (χ0n) is 13.5. The quantitative estimate of drug-likeness (QED) is 0.666. The van der Waals surface area contributed by atoms with Crippen molar-refractivity contribution < 1.29 is 0 Å². The molecule has 0 bridgehead atoms. The topological polar surface area (TPSA) is 41.1 Å². The minimum atomic E-state index is 0.463. The van der Waals surface area contributed by atoms with Gasteiger partial charge in [0.2, 0.25) is 0 Å². The van der Waals surface area contributed by atoms with E-state index in [0.717, 1.165) is 37.6 Å². The van der Waals surface area contributed by atoms with E-state index in [-0.39, 0.29) is 0 Å². The lowest BCUT2D eigenvalue weighted by Crippen LogP contribution is -2.32. The Morgan fingerprint density at radius 3 is 2.45 bits per heavy atom. The van der Waals surface area contributed by atoms with Crippen molar-refractivity contribution in [1.82, 2.24) is 15.3 Å². The molecule has 1 aromatic heterocycles. The van der Waals surface area contributed by atoms with Gasteiger partial charge >= 0.3 is 0 Å². The van der Waals surface area contributed by atoms with Gasteiger partial charge in [0.15, 0.2) is 0 Å². The highest BCUT2D eigenvalue weighted by atomic mass is 15.2. The molecule has 114 valence electrons.